The number of unbranched alkanes of at least 4 members (excludes halogenated alkanes) is 5. The number of aryl methyl sites for hydroxylation is 1. The van der Waals surface area contributed by atoms with Crippen LogP contribution in [0.3, 0.4) is 0 Å². The van der Waals surface area contributed by atoms with Gasteiger partial charge in [-0.05, 0) is 51.0 Å². The number of ether oxygens (including phenoxy) is 2. The van der Waals surface area contributed by atoms with E-state index >= 15 is 0 Å². The Morgan fingerprint density at radius 1 is 0.914 bits per heavy atom. The molecule has 0 aliphatic rings. The van der Waals surface area contributed by atoms with Crippen LogP contribution in [0.15, 0.2) is 48.8 Å². The number of hydrogen-bond donors (Lipinski definition) is 0. The lowest BCUT2D eigenvalue weighted by Crippen LogP contribution is -2.13. The molecule has 1 aromatic heterocycles. The third-order valence-electron chi connectivity index (χ3n) is 5.69. The number of esters is 2. The van der Waals surface area contributed by atoms with Gasteiger partial charge in [0.1, 0.15) is 0 Å². The summed E-state index contributed by atoms with van der Waals surface area (Å²) < 4.78 is 10.6. The third kappa shape index (κ3) is 11.8. The van der Waals surface area contributed by atoms with E-state index in [2.05, 4.69) is 29.0 Å². The molecule has 35 heavy (non-hydrogen) atoms. The van der Waals surface area contributed by atoms with Gasteiger partial charge in [0, 0.05) is 12.0 Å². The number of aromatic nitrogens is 2. The van der Waals surface area contributed by atoms with E-state index in [9.17, 15) is 9.59 Å². The van der Waals surface area contributed by atoms with Crippen LogP contribution in [0.5, 0.6) is 5.75 Å². The minimum Gasteiger partial charge on any atom is -0.463 e. The van der Waals surface area contributed by atoms with Crippen LogP contribution in [0.2, 0.25) is 0 Å². The number of nitrogens with zero attached hydrogens (tertiary/aromatic N) is 2. The highest BCUT2D eigenvalue weighted by atomic mass is 16.5. The molecule has 190 valence electrons. The van der Waals surface area contributed by atoms with Crippen molar-refractivity contribution in [2.24, 2.45) is 0 Å². The van der Waals surface area contributed by atoms with Gasteiger partial charge >= 0.3 is 11.9 Å². The minimum absolute atomic E-state index is 0.0268. The van der Waals surface area contributed by atoms with Crippen molar-refractivity contribution in [3.05, 3.63) is 54.4 Å². The van der Waals surface area contributed by atoms with Crippen LogP contribution in [-0.2, 0) is 20.7 Å². The molecular weight excluding hydrogens is 440 g/mol. The maximum atomic E-state index is 12.0. The van der Waals surface area contributed by atoms with Crippen LogP contribution in [0.1, 0.15) is 90.5 Å². The van der Waals surface area contributed by atoms with Crippen molar-refractivity contribution in [1.82, 2.24) is 9.97 Å². The summed E-state index contributed by atoms with van der Waals surface area (Å²) >= 11 is 0. The molecule has 0 bridgehead atoms. The van der Waals surface area contributed by atoms with Gasteiger partial charge in [-0.2, -0.15) is 0 Å². The Morgan fingerprint density at radius 3 is 2.34 bits per heavy atom. The molecule has 2 aromatic rings. The quantitative estimate of drug-likeness (QED) is 0.146. The molecule has 0 aliphatic carbocycles. The highest BCUT2D eigenvalue weighted by molar-refractivity contribution is 5.73. The molecule has 0 amide bonds. The summed E-state index contributed by atoms with van der Waals surface area (Å²) in [6.07, 6.45) is 17.4. The van der Waals surface area contributed by atoms with Gasteiger partial charge in [-0.15, -0.1) is 0 Å². The molecule has 1 heterocycles. The Labute approximate surface area is 210 Å². The molecule has 1 aromatic carbocycles. The smallest absolute Gasteiger partial charge is 0.315 e. The fraction of sp³-hybridized carbons (Fsp3) is 0.517. The first-order valence-corrected chi connectivity index (χ1v) is 13.0. The lowest BCUT2D eigenvalue weighted by molar-refractivity contribution is -0.148. The fourth-order valence-electron chi connectivity index (χ4n) is 3.63. The topological polar surface area (TPSA) is 78.4 Å². The SMILES string of the molecule is CCCCCCC=CCC(=O)Oc1cnc(-c2ccc(CCCCC(C)OC(=O)CC)cc2)nc1. The van der Waals surface area contributed by atoms with E-state index in [1.165, 1.54) is 37.2 Å². The van der Waals surface area contributed by atoms with Crippen LogP contribution >= 0.6 is 0 Å². The van der Waals surface area contributed by atoms with E-state index in [-0.39, 0.29) is 24.5 Å². The number of rotatable bonds is 16. The zero-order valence-electron chi connectivity index (χ0n) is 21.5. The van der Waals surface area contributed by atoms with Crippen molar-refractivity contribution >= 4 is 11.9 Å². The molecule has 1 atom stereocenters. The molecule has 6 heteroatoms. The predicted molar refractivity (Wildman–Crippen MR) is 139 cm³/mol. The Morgan fingerprint density at radius 2 is 1.66 bits per heavy atom. The predicted octanol–water partition coefficient (Wildman–Crippen LogP) is 7.02. The Balaban J connectivity index is 1.72. The van der Waals surface area contributed by atoms with Gasteiger partial charge in [0.25, 0.3) is 0 Å². The maximum absolute atomic E-state index is 12.0. The largest absolute Gasteiger partial charge is 0.463 e. The monoisotopic (exact) mass is 480 g/mol. The molecule has 2 rings (SSSR count). The van der Waals surface area contributed by atoms with E-state index in [0.29, 0.717) is 18.0 Å². The number of carbonyl (C=O) groups is 2. The highest BCUT2D eigenvalue weighted by Gasteiger charge is 2.08. The standard InChI is InChI=1S/C29H40N2O4/c1-4-6-7-8-9-10-11-16-28(33)35-26-21-30-29(31-22-26)25-19-17-24(18-20-25)15-13-12-14-23(3)34-27(32)5-2/h10-11,17-23H,4-9,12-16H2,1-3H3. The Kier molecular flexibility index (Phi) is 13.4. The van der Waals surface area contributed by atoms with Gasteiger partial charge in [-0.3, -0.25) is 9.59 Å². The average Bonchev–Trinajstić information content (AvgIpc) is 2.87. The molecule has 6 nitrogen and oxygen atoms in total. The van der Waals surface area contributed by atoms with Crippen molar-refractivity contribution in [2.75, 3.05) is 0 Å². The average molecular weight is 481 g/mol. The summed E-state index contributed by atoms with van der Waals surface area (Å²) in [4.78, 5) is 32.0. The second-order valence-electron chi connectivity index (χ2n) is 8.84. The van der Waals surface area contributed by atoms with Gasteiger partial charge in [0.2, 0.25) is 0 Å². The summed E-state index contributed by atoms with van der Waals surface area (Å²) in [5, 5.41) is 0. The summed E-state index contributed by atoms with van der Waals surface area (Å²) in [5.74, 6) is 0.496. The molecule has 0 saturated carbocycles. The van der Waals surface area contributed by atoms with Crippen LogP contribution in [0.4, 0.5) is 0 Å². The molecule has 0 radical (unpaired) electrons. The van der Waals surface area contributed by atoms with Crippen molar-refractivity contribution < 1.29 is 19.1 Å². The van der Waals surface area contributed by atoms with Crippen LogP contribution in [-0.4, -0.2) is 28.0 Å². The number of benzene rings is 1. The van der Waals surface area contributed by atoms with E-state index in [0.717, 1.165) is 44.1 Å². The lowest BCUT2D eigenvalue weighted by atomic mass is 10.0. The molecular formula is C29H40N2O4. The first kappa shape index (κ1) is 28.2. The third-order valence-corrected chi connectivity index (χ3v) is 5.69. The van der Waals surface area contributed by atoms with Crippen molar-refractivity contribution in [3.63, 3.8) is 0 Å². The highest BCUT2D eigenvalue weighted by Crippen LogP contribution is 2.19. The maximum Gasteiger partial charge on any atom is 0.315 e. The molecule has 0 saturated heterocycles. The first-order valence-electron chi connectivity index (χ1n) is 13.0. The molecule has 0 fully saturated rings. The number of hydrogen-bond acceptors (Lipinski definition) is 6. The summed E-state index contributed by atoms with van der Waals surface area (Å²) in [6, 6.07) is 8.18. The second-order valence-corrected chi connectivity index (χ2v) is 8.84. The zero-order valence-corrected chi connectivity index (χ0v) is 21.5. The lowest BCUT2D eigenvalue weighted by Gasteiger charge is -2.12. The van der Waals surface area contributed by atoms with Gasteiger partial charge in [-0.25, -0.2) is 9.97 Å². The van der Waals surface area contributed by atoms with Gasteiger partial charge in [0.15, 0.2) is 11.6 Å². The molecule has 0 aliphatic heterocycles. The zero-order chi connectivity index (χ0) is 25.3. The molecule has 0 N–H and O–H groups in total. The summed E-state index contributed by atoms with van der Waals surface area (Å²) in [5.41, 5.74) is 2.16. The van der Waals surface area contributed by atoms with Crippen LogP contribution in [0, 0.1) is 0 Å². The van der Waals surface area contributed by atoms with E-state index < -0.39 is 0 Å². The Hall–Kier alpha value is -3.02. The van der Waals surface area contributed by atoms with Crippen LogP contribution in [0.25, 0.3) is 11.4 Å². The Bertz CT molecular complexity index is 907. The number of carbonyl (C=O) groups excluding carboxylic acids is 2. The number of allylic oxidation sites excluding steroid dienone is 1. The van der Waals surface area contributed by atoms with Gasteiger partial charge in [0.05, 0.1) is 24.9 Å². The van der Waals surface area contributed by atoms with Crippen molar-refractivity contribution in [3.8, 4) is 17.1 Å². The van der Waals surface area contributed by atoms with Crippen molar-refractivity contribution in [2.45, 2.75) is 97.5 Å². The summed E-state index contributed by atoms with van der Waals surface area (Å²) in [7, 11) is 0. The van der Waals surface area contributed by atoms with Crippen LogP contribution < -0.4 is 4.74 Å². The molecule has 0 spiro atoms. The first-order chi connectivity index (χ1) is 17.0. The second kappa shape index (κ2) is 16.6. The fourth-order valence-corrected chi connectivity index (χ4v) is 3.63. The van der Waals surface area contributed by atoms with E-state index in [1.54, 1.807) is 0 Å². The molecule has 1 unspecified atom stereocenters. The van der Waals surface area contributed by atoms with Gasteiger partial charge < -0.3 is 9.47 Å². The summed E-state index contributed by atoms with van der Waals surface area (Å²) in [6.45, 7) is 5.95. The van der Waals surface area contributed by atoms with Gasteiger partial charge in [-0.1, -0.05) is 69.5 Å². The minimum atomic E-state index is -0.312. The van der Waals surface area contributed by atoms with E-state index in [4.69, 9.17) is 9.47 Å². The van der Waals surface area contributed by atoms with Crippen molar-refractivity contribution in [1.29, 1.82) is 0 Å². The van der Waals surface area contributed by atoms with E-state index in [1.807, 2.05) is 38.1 Å². The normalized spacial score (nSPS) is 12.0.